The Morgan fingerprint density at radius 3 is 2.64 bits per heavy atom. The number of aromatic nitrogens is 2. The van der Waals surface area contributed by atoms with E-state index in [-0.39, 0.29) is 0 Å². The summed E-state index contributed by atoms with van der Waals surface area (Å²) in [4.78, 5) is 8.39. The average molecular weight is 193 g/mol. The molecule has 1 heterocycles. The molecule has 3 nitrogen and oxygen atoms in total. The Bertz CT molecular complexity index is 260. The summed E-state index contributed by atoms with van der Waals surface area (Å²) in [6, 6.07) is 0. The maximum Gasteiger partial charge on any atom is 0.147 e. The molecule has 0 atom stereocenters. The molecule has 0 saturated heterocycles. The van der Waals surface area contributed by atoms with E-state index in [9.17, 15) is 0 Å². The Hall–Kier alpha value is -1.12. The van der Waals surface area contributed by atoms with Crippen LogP contribution in [0.2, 0.25) is 0 Å². The molecule has 1 aromatic heterocycles. The first kappa shape index (κ1) is 11.0. The van der Waals surface area contributed by atoms with Crippen molar-refractivity contribution in [1.82, 2.24) is 9.97 Å². The molecule has 0 saturated carbocycles. The summed E-state index contributed by atoms with van der Waals surface area (Å²) in [5.41, 5.74) is 0.975. The quantitative estimate of drug-likeness (QED) is 0.706. The molecule has 14 heavy (non-hydrogen) atoms. The van der Waals surface area contributed by atoms with Crippen LogP contribution < -0.4 is 5.32 Å². The number of rotatable bonds is 6. The Morgan fingerprint density at radius 1 is 1.14 bits per heavy atom. The van der Waals surface area contributed by atoms with E-state index in [2.05, 4.69) is 22.2 Å². The zero-order valence-corrected chi connectivity index (χ0v) is 9.08. The molecule has 1 rings (SSSR count). The van der Waals surface area contributed by atoms with E-state index < -0.39 is 0 Å². The van der Waals surface area contributed by atoms with Crippen LogP contribution in [0.4, 0.5) is 5.82 Å². The van der Waals surface area contributed by atoms with Crippen molar-refractivity contribution in [2.75, 3.05) is 11.9 Å². The summed E-state index contributed by atoms with van der Waals surface area (Å²) in [5, 5.41) is 3.30. The SMILES string of the molecule is CCCCCCNc1nccnc1C. The minimum atomic E-state index is 0.920. The molecule has 0 aliphatic carbocycles. The van der Waals surface area contributed by atoms with E-state index in [0.29, 0.717) is 0 Å². The number of unbranched alkanes of at least 4 members (excludes halogenated alkanes) is 3. The molecule has 0 aromatic carbocycles. The first-order valence-corrected chi connectivity index (χ1v) is 5.36. The summed E-state index contributed by atoms with van der Waals surface area (Å²) in [6.07, 6.45) is 8.55. The number of anilines is 1. The van der Waals surface area contributed by atoms with Gasteiger partial charge in [0.2, 0.25) is 0 Å². The molecule has 78 valence electrons. The number of aryl methyl sites for hydroxylation is 1. The number of hydrogen-bond acceptors (Lipinski definition) is 3. The lowest BCUT2D eigenvalue weighted by molar-refractivity contribution is 0.684. The fourth-order valence-corrected chi connectivity index (χ4v) is 1.34. The van der Waals surface area contributed by atoms with Crippen molar-refractivity contribution in [1.29, 1.82) is 0 Å². The molecule has 0 unspecified atom stereocenters. The number of nitrogens with one attached hydrogen (secondary N) is 1. The van der Waals surface area contributed by atoms with Gasteiger partial charge in [-0.25, -0.2) is 4.98 Å². The van der Waals surface area contributed by atoms with Crippen molar-refractivity contribution in [3.05, 3.63) is 18.1 Å². The smallest absolute Gasteiger partial charge is 0.147 e. The molecule has 1 aromatic rings. The van der Waals surface area contributed by atoms with Gasteiger partial charge in [0.25, 0.3) is 0 Å². The molecule has 0 bridgehead atoms. The second-order valence-electron chi connectivity index (χ2n) is 3.48. The van der Waals surface area contributed by atoms with Gasteiger partial charge in [0.05, 0.1) is 5.69 Å². The van der Waals surface area contributed by atoms with Gasteiger partial charge in [-0.15, -0.1) is 0 Å². The van der Waals surface area contributed by atoms with E-state index in [0.717, 1.165) is 18.1 Å². The normalized spacial score (nSPS) is 10.1. The third-order valence-electron chi connectivity index (χ3n) is 2.20. The van der Waals surface area contributed by atoms with Gasteiger partial charge < -0.3 is 5.32 Å². The number of nitrogens with zero attached hydrogens (tertiary/aromatic N) is 2. The lowest BCUT2D eigenvalue weighted by Crippen LogP contribution is -2.05. The lowest BCUT2D eigenvalue weighted by Gasteiger charge is -2.06. The van der Waals surface area contributed by atoms with Crippen molar-refractivity contribution >= 4 is 5.82 Å². The van der Waals surface area contributed by atoms with Crippen LogP contribution in [0.15, 0.2) is 12.4 Å². The van der Waals surface area contributed by atoms with Crippen LogP contribution in [-0.2, 0) is 0 Å². The van der Waals surface area contributed by atoms with Crippen molar-refractivity contribution < 1.29 is 0 Å². The molecule has 0 spiro atoms. The molecule has 3 heteroatoms. The van der Waals surface area contributed by atoms with Crippen LogP contribution in [-0.4, -0.2) is 16.5 Å². The topological polar surface area (TPSA) is 37.8 Å². The molecular formula is C11H19N3. The highest BCUT2D eigenvalue weighted by molar-refractivity contribution is 5.37. The largest absolute Gasteiger partial charge is 0.369 e. The minimum absolute atomic E-state index is 0.920. The average Bonchev–Trinajstić information content (AvgIpc) is 2.20. The Balaban J connectivity index is 2.21. The van der Waals surface area contributed by atoms with Gasteiger partial charge in [-0.05, 0) is 13.3 Å². The van der Waals surface area contributed by atoms with Crippen LogP contribution in [0.25, 0.3) is 0 Å². The lowest BCUT2D eigenvalue weighted by atomic mass is 10.2. The third-order valence-corrected chi connectivity index (χ3v) is 2.20. The molecule has 0 aliphatic rings. The fraction of sp³-hybridized carbons (Fsp3) is 0.636. The van der Waals surface area contributed by atoms with Gasteiger partial charge in [-0.2, -0.15) is 0 Å². The highest BCUT2D eigenvalue weighted by Crippen LogP contribution is 2.06. The van der Waals surface area contributed by atoms with Crippen LogP contribution in [0.3, 0.4) is 0 Å². The maximum absolute atomic E-state index is 4.22. The molecule has 0 fully saturated rings. The molecule has 1 N–H and O–H groups in total. The predicted molar refractivity (Wildman–Crippen MR) is 59.4 cm³/mol. The summed E-state index contributed by atoms with van der Waals surface area (Å²) in [7, 11) is 0. The van der Waals surface area contributed by atoms with E-state index in [1.165, 1.54) is 25.7 Å². The maximum atomic E-state index is 4.22. The molecule has 0 amide bonds. The minimum Gasteiger partial charge on any atom is -0.369 e. The Morgan fingerprint density at radius 2 is 1.93 bits per heavy atom. The second kappa shape index (κ2) is 6.35. The molecule has 0 aliphatic heterocycles. The molecular weight excluding hydrogens is 174 g/mol. The highest BCUT2D eigenvalue weighted by Gasteiger charge is 1.97. The Labute approximate surface area is 86.0 Å². The zero-order chi connectivity index (χ0) is 10.2. The van der Waals surface area contributed by atoms with E-state index in [1.54, 1.807) is 12.4 Å². The summed E-state index contributed by atoms with van der Waals surface area (Å²) in [6.45, 7) is 5.20. The van der Waals surface area contributed by atoms with Gasteiger partial charge in [0.15, 0.2) is 0 Å². The van der Waals surface area contributed by atoms with Crippen LogP contribution in [0.5, 0.6) is 0 Å². The van der Waals surface area contributed by atoms with E-state index in [4.69, 9.17) is 0 Å². The predicted octanol–water partition coefficient (Wildman–Crippen LogP) is 2.78. The summed E-state index contributed by atoms with van der Waals surface area (Å²) < 4.78 is 0. The standard InChI is InChI=1S/C11H19N3/c1-3-4-5-6-7-13-11-10(2)12-8-9-14-11/h8-9H,3-7H2,1-2H3,(H,13,14). The van der Waals surface area contributed by atoms with Crippen molar-refractivity contribution in [2.45, 2.75) is 39.5 Å². The van der Waals surface area contributed by atoms with Gasteiger partial charge in [-0.1, -0.05) is 26.2 Å². The monoisotopic (exact) mass is 193 g/mol. The van der Waals surface area contributed by atoms with Gasteiger partial charge in [0.1, 0.15) is 5.82 Å². The third kappa shape index (κ3) is 3.73. The number of hydrogen-bond donors (Lipinski definition) is 1. The summed E-state index contributed by atoms with van der Waals surface area (Å²) in [5.74, 6) is 0.920. The van der Waals surface area contributed by atoms with Crippen LogP contribution in [0.1, 0.15) is 38.3 Å². The van der Waals surface area contributed by atoms with Gasteiger partial charge in [-0.3, -0.25) is 4.98 Å². The second-order valence-corrected chi connectivity index (χ2v) is 3.48. The van der Waals surface area contributed by atoms with Gasteiger partial charge >= 0.3 is 0 Å². The van der Waals surface area contributed by atoms with E-state index >= 15 is 0 Å². The highest BCUT2D eigenvalue weighted by atomic mass is 15.0. The van der Waals surface area contributed by atoms with Crippen molar-refractivity contribution in [3.63, 3.8) is 0 Å². The fourth-order valence-electron chi connectivity index (χ4n) is 1.34. The van der Waals surface area contributed by atoms with Crippen LogP contribution in [0, 0.1) is 6.92 Å². The zero-order valence-electron chi connectivity index (χ0n) is 9.08. The molecule has 0 radical (unpaired) electrons. The summed E-state index contributed by atoms with van der Waals surface area (Å²) >= 11 is 0. The Kier molecular flexibility index (Phi) is 4.97. The van der Waals surface area contributed by atoms with Crippen molar-refractivity contribution in [2.24, 2.45) is 0 Å². The first-order chi connectivity index (χ1) is 6.84. The van der Waals surface area contributed by atoms with Crippen molar-refractivity contribution in [3.8, 4) is 0 Å². The van der Waals surface area contributed by atoms with E-state index in [1.807, 2.05) is 6.92 Å². The first-order valence-electron chi connectivity index (χ1n) is 5.36. The van der Waals surface area contributed by atoms with Crippen LogP contribution >= 0.6 is 0 Å². The van der Waals surface area contributed by atoms with Gasteiger partial charge in [0, 0.05) is 18.9 Å².